The minimum atomic E-state index is -4.53. The van der Waals surface area contributed by atoms with Crippen LogP contribution in [0.15, 0.2) is 53.3 Å². The van der Waals surface area contributed by atoms with Crippen molar-refractivity contribution in [1.82, 2.24) is 4.98 Å². The van der Waals surface area contributed by atoms with Crippen molar-refractivity contribution in [1.29, 1.82) is 0 Å². The molecular weight excluding hydrogens is 427 g/mol. The Labute approximate surface area is 180 Å². The van der Waals surface area contributed by atoms with Gasteiger partial charge in [-0.15, -0.1) is 0 Å². The summed E-state index contributed by atoms with van der Waals surface area (Å²) in [7, 11) is 1.44. The molecule has 10 heteroatoms. The number of rotatable bonds is 5. The van der Waals surface area contributed by atoms with Crippen molar-refractivity contribution >= 4 is 23.2 Å². The quantitative estimate of drug-likeness (QED) is 0.638. The maximum absolute atomic E-state index is 13.1. The fourth-order valence-corrected chi connectivity index (χ4v) is 3.64. The fraction of sp³-hybridized carbons (Fsp3) is 0.227. The first kappa shape index (κ1) is 21.6. The van der Waals surface area contributed by atoms with Gasteiger partial charge in [-0.3, -0.25) is 9.59 Å². The largest absolute Gasteiger partial charge is 0.443 e. The van der Waals surface area contributed by atoms with Gasteiger partial charge in [-0.25, -0.2) is 4.98 Å². The molecule has 0 fully saturated rings. The molecule has 0 bridgehead atoms. The van der Waals surface area contributed by atoms with Crippen molar-refractivity contribution in [3.05, 3.63) is 65.7 Å². The second-order valence-corrected chi connectivity index (χ2v) is 7.09. The van der Waals surface area contributed by atoms with Gasteiger partial charge >= 0.3 is 6.18 Å². The molecule has 0 atom stereocenters. The van der Waals surface area contributed by atoms with Crippen molar-refractivity contribution in [3.63, 3.8) is 0 Å². The van der Waals surface area contributed by atoms with E-state index in [1.807, 2.05) is 0 Å². The summed E-state index contributed by atoms with van der Waals surface area (Å²) >= 11 is 0. The van der Waals surface area contributed by atoms with Crippen LogP contribution in [-0.2, 0) is 22.1 Å². The number of nitrogens with zero attached hydrogens (tertiary/aromatic N) is 2. The van der Waals surface area contributed by atoms with Crippen LogP contribution < -0.4 is 10.2 Å². The van der Waals surface area contributed by atoms with Crippen LogP contribution in [0.1, 0.15) is 21.6 Å². The van der Waals surface area contributed by atoms with Gasteiger partial charge in [0.15, 0.2) is 17.8 Å². The lowest BCUT2D eigenvalue weighted by molar-refractivity contribution is -0.137. The average molecular weight is 445 g/mol. The van der Waals surface area contributed by atoms with E-state index in [4.69, 9.17) is 9.15 Å². The monoisotopic (exact) mass is 445 g/mol. The molecule has 0 radical (unpaired) electrons. The number of methoxy groups -OCH3 is 1. The van der Waals surface area contributed by atoms with E-state index in [0.29, 0.717) is 24.3 Å². The maximum atomic E-state index is 13.1. The van der Waals surface area contributed by atoms with E-state index in [0.717, 1.165) is 24.1 Å². The van der Waals surface area contributed by atoms with Gasteiger partial charge in [0, 0.05) is 36.2 Å². The first-order valence-electron chi connectivity index (χ1n) is 9.63. The van der Waals surface area contributed by atoms with E-state index in [-0.39, 0.29) is 29.5 Å². The molecule has 1 aliphatic heterocycles. The van der Waals surface area contributed by atoms with E-state index in [1.165, 1.54) is 19.2 Å². The van der Waals surface area contributed by atoms with Crippen LogP contribution in [0, 0.1) is 0 Å². The van der Waals surface area contributed by atoms with E-state index in [2.05, 4.69) is 10.3 Å². The Kier molecular flexibility index (Phi) is 5.70. The number of hydrogen-bond acceptors (Lipinski definition) is 5. The Balaban J connectivity index is 1.61. The van der Waals surface area contributed by atoms with Gasteiger partial charge in [0.2, 0.25) is 0 Å². The van der Waals surface area contributed by atoms with Crippen molar-refractivity contribution in [2.45, 2.75) is 12.6 Å². The standard InChI is InChI=1S/C22H18F3N3O4/c1-31-11-18(29)28-9-8-15-16(6-3-7-17(15)28)27-21(30)19-20(32-12-26-19)13-4-2-5-14(10-13)22(23,24)25/h2-7,10,12H,8-9,11H2,1H3,(H,27,30). The molecule has 0 unspecified atom stereocenters. The van der Waals surface area contributed by atoms with E-state index >= 15 is 0 Å². The van der Waals surface area contributed by atoms with E-state index in [1.54, 1.807) is 23.1 Å². The van der Waals surface area contributed by atoms with Gasteiger partial charge < -0.3 is 19.4 Å². The third-order valence-corrected chi connectivity index (χ3v) is 5.08. The molecule has 1 N–H and O–H groups in total. The minimum absolute atomic E-state index is 0.0602. The molecule has 1 aromatic heterocycles. The molecule has 4 rings (SSSR count). The van der Waals surface area contributed by atoms with Gasteiger partial charge in [0.1, 0.15) is 6.61 Å². The van der Waals surface area contributed by atoms with Crippen molar-refractivity contribution in [2.75, 3.05) is 30.5 Å². The molecule has 0 saturated carbocycles. The molecule has 2 aromatic carbocycles. The maximum Gasteiger partial charge on any atom is 0.416 e. The minimum Gasteiger partial charge on any atom is -0.443 e. The Bertz CT molecular complexity index is 1170. The zero-order chi connectivity index (χ0) is 22.9. The van der Waals surface area contributed by atoms with Gasteiger partial charge in [-0.05, 0) is 30.7 Å². The Morgan fingerprint density at radius 1 is 1.22 bits per heavy atom. The van der Waals surface area contributed by atoms with Crippen LogP contribution >= 0.6 is 0 Å². The van der Waals surface area contributed by atoms with Gasteiger partial charge in [-0.2, -0.15) is 13.2 Å². The number of amides is 2. The predicted octanol–water partition coefficient (Wildman–Crippen LogP) is 4.15. The number of aromatic nitrogens is 1. The van der Waals surface area contributed by atoms with Gasteiger partial charge in [-0.1, -0.05) is 18.2 Å². The smallest absolute Gasteiger partial charge is 0.416 e. The number of oxazole rings is 1. The average Bonchev–Trinajstić information content (AvgIpc) is 3.41. The number of ether oxygens (including phenoxy) is 1. The number of hydrogen-bond donors (Lipinski definition) is 1. The third-order valence-electron chi connectivity index (χ3n) is 5.08. The van der Waals surface area contributed by atoms with Crippen molar-refractivity contribution in [2.24, 2.45) is 0 Å². The summed E-state index contributed by atoms with van der Waals surface area (Å²) in [4.78, 5) is 30.6. The molecule has 1 aliphatic rings. The van der Waals surface area contributed by atoms with Gasteiger partial charge in [0.25, 0.3) is 11.8 Å². The van der Waals surface area contributed by atoms with E-state index in [9.17, 15) is 22.8 Å². The SMILES string of the molecule is COCC(=O)N1CCc2c(NC(=O)c3ncoc3-c3cccc(C(F)(F)F)c3)cccc21. The highest BCUT2D eigenvalue weighted by atomic mass is 19.4. The normalized spacial score (nSPS) is 13.2. The van der Waals surface area contributed by atoms with Crippen molar-refractivity contribution in [3.8, 4) is 11.3 Å². The molecule has 7 nitrogen and oxygen atoms in total. The topological polar surface area (TPSA) is 84.7 Å². The zero-order valence-corrected chi connectivity index (χ0v) is 16.9. The fourth-order valence-electron chi connectivity index (χ4n) is 3.64. The van der Waals surface area contributed by atoms with Crippen LogP contribution in [0.5, 0.6) is 0 Å². The molecule has 0 spiro atoms. The summed E-state index contributed by atoms with van der Waals surface area (Å²) in [6.45, 7) is 0.388. The Morgan fingerprint density at radius 3 is 2.75 bits per heavy atom. The third kappa shape index (κ3) is 4.09. The second kappa shape index (κ2) is 8.46. The van der Waals surface area contributed by atoms with Crippen molar-refractivity contribution < 1.29 is 31.9 Å². The summed E-state index contributed by atoms with van der Waals surface area (Å²) in [5.41, 5.74) is 1.000. The van der Waals surface area contributed by atoms with Crippen LogP contribution in [0.2, 0.25) is 0 Å². The molecule has 166 valence electrons. The predicted molar refractivity (Wildman–Crippen MR) is 109 cm³/mol. The number of anilines is 2. The summed E-state index contributed by atoms with van der Waals surface area (Å²) in [6.07, 6.45) is -3.00. The van der Waals surface area contributed by atoms with Gasteiger partial charge in [0.05, 0.1) is 5.56 Å². The van der Waals surface area contributed by atoms with Crippen LogP contribution in [0.25, 0.3) is 11.3 Å². The molecule has 0 aliphatic carbocycles. The Hall–Kier alpha value is -3.66. The van der Waals surface area contributed by atoms with Crippen LogP contribution in [0.3, 0.4) is 0 Å². The summed E-state index contributed by atoms with van der Waals surface area (Å²) in [5, 5.41) is 2.74. The summed E-state index contributed by atoms with van der Waals surface area (Å²) in [5.74, 6) is -0.905. The lowest BCUT2D eigenvalue weighted by Crippen LogP contribution is -2.31. The number of nitrogens with one attached hydrogen (secondary N) is 1. The van der Waals surface area contributed by atoms with E-state index < -0.39 is 17.6 Å². The highest BCUT2D eigenvalue weighted by Gasteiger charge is 2.32. The number of benzene rings is 2. The molecule has 32 heavy (non-hydrogen) atoms. The zero-order valence-electron chi connectivity index (χ0n) is 16.9. The van der Waals surface area contributed by atoms with Crippen LogP contribution in [-0.4, -0.2) is 37.1 Å². The molecular formula is C22H18F3N3O4. The summed E-state index contributed by atoms with van der Waals surface area (Å²) in [6, 6.07) is 9.63. The lowest BCUT2D eigenvalue weighted by atomic mass is 10.1. The number of carbonyl (C=O) groups is 2. The summed E-state index contributed by atoms with van der Waals surface area (Å²) < 4.78 is 49.3. The number of fused-ring (bicyclic) bond motifs is 1. The second-order valence-electron chi connectivity index (χ2n) is 7.09. The first-order valence-corrected chi connectivity index (χ1v) is 9.63. The molecule has 2 heterocycles. The number of alkyl halides is 3. The lowest BCUT2D eigenvalue weighted by Gasteiger charge is -2.17. The molecule has 3 aromatic rings. The number of halogens is 3. The number of carbonyl (C=O) groups excluding carboxylic acids is 2. The molecule has 2 amide bonds. The first-order chi connectivity index (χ1) is 15.3. The Morgan fingerprint density at radius 2 is 2.00 bits per heavy atom. The molecule has 0 saturated heterocycles. The highest BCUT2D eigenvalue weighted by molar-refractivity contribution is 6.07. The highest BCUT2D eigenvalue weighted by Crippen LogP contribution is 2.35. The van der Waals surface area contributed by atoms with Crippen LogP contribution in [0.4, 0.5) is 24.5 Å².